The molecule has 2 unspecified atom stereocenters. The maximum absolute atomic E-state index is 6.06. The van der Waals surface area contributed by atoms with Crippen molar-refractivity contribution < 1.29 is 4.74 Å². The lowest BCUT2D eigenvalue weighted by molar-refractivity contribution is 0.168. The highest BCUT2D eigenvalue weighted by molar-refractivity contribution is 4.76. The summed E-state index contributed by atoms with van der Waals surface area (Å²) in [6.07, 6.45) is 7.74. The van der Waals surface area contributed by atoms with Crippen LogP contribution in [0.25, 0.3) is 0 Å². The first kappa shape index (κ1) is 10.0. The van der Waals surface area contributed by atoms with Crippen molar-refractivity contribution in [1.29, 1.82) is 0 Å². The molecule has 1 saturated carbocycles. The van der Waals surface area contributed by atoms with Crippen LogP contribution in [-0.4, -0.2) is 19.8 Å². The van der Waals surface area contributed by atoms with Gasteiger partial charge in [-0.25, -0.2) is 0 Å². The van der Waals surface area contributed by atoms with Crippen LogP contribution in [0.5, 0.6) is 0 Å². The monoisotopic (exact) mass is 171 g/mol. The quantitative estimate of drug-likeness (QED) is 0.658. The zero-order chi connectivity index (χ0) is 8.81. The van der Waals surface area contributed by atoms with Crippen LogP contribution in [0.2, 0.25) is 0 Å². The van der Waals surface area contributed by atoms with E-state index in [1.807, 2.05) is 0 Å². The lowest BCUT2D eigenvalue weighted by Gasteiger charge is -2.20. The topological polar surface area (TPSA) is 35.2 Å². The first-order valence-electron chi connectivity index (χ1n) is 5.09. The van der Waals surface area contributed by atoms with E-state index in [-0.39, 0.29) is 0 Å². The third-order valence-electron chi connectivity index (χ3n) is 2.91. The third kappa shape index (κ3) is 3.11. The van der Waals surface area contributed by atoms with Crippen molar-refractivity contribution in [3.63, 3.8) is 0 Å². The number of rotatable bonds is 3. The van der Waals surface area contributed by atoms with Crippen molar-refractivity contribution in [3.8, 4) is 0 Å². The van der Waals surface area contributed by atoms with E-state index in [2.05, 4.69) is 0 Å². The zero-order valence-electron chi connectivity index (χ0n) is 8.09. The number of hydrogen-bond acceptors (Lipinski definition) is 2. The van der Waals surface area contributed by atoms with Crippen molar-refractivity contribution in [2.24, 2.45) is 11.7 Å². The Balaban J connectivity index is 2.26. The van der Waals surface area contributed by atoms with E-state index in [0.717, 1.165) is 13.0 Å². The van der Waals surface area contributed by atoms with Crippen molar-refractivity contribution in [3.05, 3.63) is 0 Å². The molecule has 0 saturated heterocycles. The Morgan fingerprint density at radius 3 is 2.75 bits per heavy atom. The van der Waals surface area contributed by atoms with E-state index >= 15 is 0 Å². The largest absolute Gasteiger partial charge is 0.385 e. The summed E-state index contributed by atoms with van der Waals surface area (Å²) in [4.78, 5) is 0. The molecule has 72 valence electrons. The fraction of sp³-hybridized carbons (Fsp3) is 1.00. The van der Waals surface area contributed by atoms with E-state index in [9.17, 15) is 0 Å². The molecule has 0 aromatic carbocycles. The van der Waals surface area contributed by atoms with Crippen LogP contribution < -0.4 is 5.73 Å². The molecule has 2 N–H and O–H groups in total. The van der Waals surface area contributed by atoms with Gasteiger partial charge in [-0.15, -0.1) is 0 Å². The Morgan fingerprint density at radius 1 is 1.25 bits per heavy atom. The van der Waals surface area contributed by atoms with Gasteiger partial charge in [0.25, 0.3) is 0 Å². The van der Waals surface area contributed by atoms with Crippen molar-refractivity contribution in [1.82, 2.24) is 0 Å². The lowest BCUT2D eigenvalue weighted by Crippen LogP contribution is -2.29. The van der Waals surface area contributed by atoms with E-state index in [1.165, 1.54) is 32.1 Å². The number of hydrogen-bond donors (Lipinski definition) is 1. The highest BCUT2D eigenvalue weighted by Crippen LogP contribution is 2.24. The average molecular weight is 171 g/mol. The van der Waals surface area contributed by atoms with E-state index < -0.39 is 0 Å². The predicted octanol–water partition coefficient (Wildman–Crippen LogP) is 1.93. The van der Waals surface area contributed by atoms with Crippen molar-refractivity contribution >= 4 is 0 Å². The van der Waals surface area contributed by atoms with Crippen molar-refractivity contribution in [2.45, 2.75) is 44.6 Å². The minimum atomic E-state index is 0.433. The SMILES string of the molecule is COCCC1CCCCCC1N. The van der Waals surface area contributed by atoms with Crippen LogP contribution in [0.15, 0.2) is 0 Å². The second-order valence-corrected chi connectivity index (χ2v) is 3.84. The fourth-order valence-electron chi connectivity index (χ4n) is 2.04. The summed E-state index contributed by atoms with van der Waals surface area (Å²) in [6.45, 7) is 0.873. The molecule has 0 radical (unpaired) electrons. The molecule has 0 bridgehead atoms. The van der Waals surface area contributed by atoms with Gasteiger partial charge in [-0.2, -0.15) is 0 Å². The summed E-state index contributed by atoms with van der Waals surface area (Å²) in [5.41, 5.74) is 6.06. The van der Waals surface area contributed by atoms with E-state index in [1.54, 1.807) is 7.11 Å². The van der Waals surface area contributed by atoms with Gasteiger partial charge >= 0.3 is 0 Å². The smallest absolute Gasteiger partial charge is 0.0465 e. The Morgan fingerprint density at radius 2 is 2.00 bits per heavy atom. The Hall–Kier alpha value is -0.0800. The number of nitrogens with two attached hydrogens (primary N) is 1. The molecule has 1 fully saturated rings. The summed E-state index contributed by atoms with van der Waals surface area (Å²) in [5.74, 6) is 0.715. The molecular formula is C10H21NO. The second-order valence-electron chi connectivity index (χ2n) is 3.84. The molecule has 1 aliphatic rings. The van der Waals surface area contributed by atoms with Crippen LogP contribution in [-0.2, 0) is 4.74 Å². The molecule has 1 rings (SSSR count). The number of ether oxygens (including phenoxy) is 1. The summed E-state index contributed by atoms with van der Waals surface area (Å²) >= 11 is 0. The molecule has 0 aromatic rings. The minimum absolute atomic E-state index is 0.433. The summed E-state index contributed by atoms with van der Waals surface area (Å²) in [6, 6.07) is 0.433. The first-order valence-corrected chi connectivity index (χ1v) is 5.09. The molecule has 0 spiro atoms. The first-order chi connectivity index (χ1) is 5.84. The maximum atomic E-state index is 6.06. The Bertz CT molecular complexity index is 116. The van der Waals surface area contributed by atoms with E-state index in [0.29, 0.717) is 12.0 Å². The summed E-state index contributed by atoms with van der Waals surface area (Å²) in [5, 5.41) is 0. The highest BCUT2D eigenvalue weighted by Gasteiger charge is 2.19. The molecule has 2 nitrogen and oxygen atoms in total. The van der Waals surface area contributed by atoms with Crippen molar-refractivity contribution in [2.75, 3.05) is 13.7 Å². The molecule has 0 aromatic heterocycles. The Kier molecular flexibility index (Phi) is 4.62. The van der Waals surface area contributed by atoms with Gasteiger partial charge in [-0.1, -0.05) is 19.3 Å². The highest BCUT2D eigenvalue weighted by atomic mass is 16.5. The molecular weight excluding hydrogens is 150 g/mol. The van der Waals surface area contributed by atoms with Crippen LogP contribution in [0.4, 0.5) is 0 Å². The van der Waals surface area contributed by atoms with Gasteiger partial charge in [0.1, 0.15) is 0 Å². The normalized spacial score (nSPS) is 31.5. The fourth-order valence-corrected chi connectivity index (χ4v) is 2.04. The van der Waals surface area contributed by atoms with Gasteiger partial charge in [-0.3, -0.25) is 0 Å². The molecule has 0 amide bonds. The average Bonchev–Trinajstić information content (AvgIpc) is 2.27. The van der Waals surface area contributed by atoms with Gasteiger partial charge in [0.15, 0.2) is 0 Å². The standard InChI is InChI=1S/C10H21NO/c1-12-8-7-9-5-3-2-4-6-10(9)11/h9-10H,2-8,11H2,1H3. The van der Waals surface area contributed by atoms with Crippen LogP contribution in [0.1, 0.15) is 38.5 Å². The minimum Gasteiger partial charge on any atom is -0.385 e. The summed E-state index contributed by atoms with van der Waals surface area (Å²) < 4.78 is 5.08. The van der Waals surface area contributed by atoms with Crippen LogP contribution >= 0.6 is 0 Å². The van der Waals surface area contributed by atoms with Crippen LogP contribution in [0.3, 0.4) is 0 Å². The molecule has 0 aliphatic heterocycles. The van der Waals surface area contributed by atoms with Crippen LogP contribution in [0, 0.1) is 5.92 Å². The molecule has 1 aliphatic carbocycles. The zero-order valence-corrected chi connectivity index (χ0v) is 8.09. The molecule has 2 heteroatoms. The van der Waals surface area contributed by atoms with E-state index in [4.69, 9.17) is 10.5 Å². The van der Waals surface area contributed by atoms with Gasteiger partial charge < -0.3 is 10.5 Å². The summed E-state index contributed by atoms with van der Waals surface area (Å²) in [7, 11) is 1.77. The van der Waals surface area contributed by atoms with Gasteiger partial charge in [0.05, 0.1) is 0 Å². The van der Waals surface area contributed by atoms with Gasteiger partial charge in [-0.05, 0) is 25.2 Å². The molecule has 12 heavy (non-hydrogen) atoms. The second kappa shape index (κ2) is 5.55. The van der Waals surface area contributed by atoms with Gasteiger partial charge in [0, 0.05) is 19.8 Å². The number of methoxy groups -OCH3 is 1. The third-order valence-corrected chi connectivity index (χ3v) is 2.91. The lowest BCUT2D eigenvalue weighted by atomic mass is 9.93. The molecule has 2 atom stereocenters. The Labute approximate surface area is 75.5 Å². The predicted molar refractivity (Wildman–Crippen MR) is 51.0 cm³/mol. The maximum Gasteiger partial charge on any atom is 0.0465 e. The van der Waals surface area contributed by atoms with Gasteiger partial charge in [0.2, 0.25) is 0 Å². The molecule has 0 heterocycles.